The molecule has 1 aromatic heterocycles. The van der Waals surface area contributed by atoms with E-state index in [9.17, 15) is 9.59 Å². The van der Waals surface area contributed by atoms with E-state index < -0.39 is 6.04 Å². The van der Waals surface area contributed by atoms with Gasteiger partial charge in [-0.3, -0.25) is 14.5 Å². The number of carbonyl (C=O) groups excluding carboxylic acids is 2. The molecular weight excluding hydrogens is 410 g/mol. The monoisotopic (exact) mass is 435 g/mol. The summed E-state index contributed by atoms with van der Waals surface area (Å²) < 4.78 is 6.93. The minimum Gasteiger partial charge on any atom is -0.373 e. The molecule has 160 valence electrons. The highest BCUT2D eigenvalue weighted by atomic mass is 32.1. The highest BCUT2D eigenvalue weighted by Crippen LogP contribution is 2.33. The summed E-state index contributed by atoms with van der Waals surface area (Å²) in [5.41, 5.74) is 3.79. The average Bonchev–Trinajstić information content (AvgIpc) is 3.27. The van der Waals surface area contributed by atoms with Crippen molar-refractivity contribution >= 4 is 39.1 Å². The van der Waals surface area contributed by atoms with Crippen LogP contribution in [0.5, 0.6) is 0 Å². The standard InChI is InChI=1S/C24H25N3O3S/c1-14-4-9-19-21(10-14)31-23(25-19)17-5-7-18(8-6-17)27-22(28)11-20(24(27)29)26-12-15(2)30-16(3)13-26/h4-10,15-16,20H,11-13H2,1-3H3/t15-,16-,20+/m1/s1. The van der Waals surface area contributed by atoms with Gasteiger partial charge in [0.05, 0.1) is 40.6 Å². The Balaban J connectivity index is 1.37. The second-order valence-electron chi connectivity index (χ2n) is 8.54. The number of hydrogen-bond acceptors (Lipinski definition) is 6. The Kier molecular flexibility index (Phi) is 5.12. The van der Waals surface area contributed by atoms with E-state index in [0.717, 1.165) is 20.8 Å². The quantitative estimate of drug-likeness (QED) is 0.582. The van der Waals surface area contributed by atoms with Gasteiger partial charge in [-0.25, -0.2) is 9.88 Å². The molecule has 3 atom stereocenters. The first-order valence-electron chi connectivity index (χ1n) is 10.6. The predicted molar refractivity (Wildman–Crippen MR) is 122 cm³/mol. The van der Waals surface area contributed by atoms with E-state index in [1.807, 2.05) is 44.2 Å². The molecule has 0 unspecified atom stereocenters. The molecule has 2 aromatic carbocycles. The van der Waals surface area contributed by atoms with E-state index in [0.29, 0.717) is 18.8 Å². The molecule has 0 saturated carbocycles. The first-order chi connectivity index (χ1) is 14.9. The van der Waals surface area contributed by atoms with Crippen LogP contribution in [0.25, 0.3) is 20.8 Å². The summed E-state index contributed by atoms with van der Waals surface area (Å²) in [5, 5.41) is 0.931. The summed E-state index contributed by atoms with van der Waals surface area (Å²) in [5.74, 6) is -0.292. The molecule has 7 heteroatoms. The summed E-state index contributed by atoms with van der Waals surface area (Å²) in [6.45, 7) is 7.41. The Morgan fingerprint density at radius 1 is 1.03 bits per heavy atom. The smallest absolute Gasteiger partial charge is 0.251 e. The lowest BCUT2D eigenvalue weighted by atomic mass is 10.1. The van der Waals surface area contributed by atoms with Crippen LogP contribution in [-0.4, -0.2) is 53.0 Å². The van der Waals surface area contributed by atoms with E-state index in [-0.39, 0.29) is 30.4 Å². The van der Waals surface area contributed by atoms with Gasteiger partial charge < -0.3 is 4.74 Å². The van der Waals surface area contributed by atoms with Gasteiger partial charge in [-0.15, -0.1) is 11.3 Å². The van der Waals surface area contributed by atoms with Crippen LogP contribution >= 0.6 is 11.3 Å². The van der Waals surface area contributed by atoms with Gasteiger partial charge in [-0.1, -0.05) is 6.07 Å². The molecule has 0 radical (unpaired) electrons. The highest BCUT2D eigenvalue weighted by molar-refractivity contribution is 7.21. The highest BCUT2D eigenvalue weighted by Gasteiger charge is 2.44. The number of amides is 2. The molecule has 2 saturated heterocycles. The lowest BCUT2D eigenvalue weighted by Crippen LogP contribution is -2.52. The zero-order valence-electron chi connectivity index (χ0n) is 17.9. The molecule has 2 amide bonds. The van der Waals surface area contributed by atoms with Crippen LogP contribution < -0.4 is 4.90 Å². The molecule has 2 aliphatic heterocycles. The zero-order valence-corrected chi connectivity index (χ0v) is 18.7. The Hall–Kier alpha value is -2.61. The second-order valence-corrected chi connectivity index (χ2v) is 9.57. The Labute approximate surface area is 185 Å². The molecule has 3 aromatic rings. The number of carbonyl (C=O) groups is 2. The summed E-state index contributed by atoms with van der Waals surface area (Å²) in [6, 6.07) is 13.4. The van der Waals surface area contributed by atoms with Gasteiger partial charge in [0.15, 0.2) is 0 Å². The Morgan fingerprint density at radius 2 is 1.74 bits per heavy atom. The molecule has 2 fully saturated rings. The van der Waals surface area contributed by atoms with Gasteiger partial charge >= 0.3 is 0 Å². The summed E-state index contributed by atoms with van der Waals surface area (Å²) >= 11 is 1.65. The average molecular weight is 436 g/mol. The fourth-order valence-corrected chi connectivity index (χ4v) is 5.62. The van der Waals surface area contributed by atoms with Crippen molar-refractivity contribution in [1.82, 2.24) is 9.88 Å². The third kappa shape index (κ3) is 3.78. The van der Waals surface area contributed by atoms with Crippen molar-refractivity contribution in [3.8, 4) is 10.6 Å². The van der Waals surface area contributed by atoms with Crippen LogP contribution in [0.1, 0.15) is 25.8 Å². The van der Waals surface area contributed by atoms with Crippen LogP contribution in [0.2, 0.25) is 0 Å². The van der Waals surface area contributed by atoms with Crippen molar-refractivity contribution in [2.24, 2.45) is 0 Å². The maximum absolute atomic E-state index is 13.1. The van der Waals surface area contributed by atoms with Gasteiger partial charge in [0.1, 0.15) is 5.01 Å². The van der Waals surface area contributed by atoms with Crippen molar-refractivity contribution < 1.29 is 14.3 Å². The third-order valence-corrected chi connectivity index (χ3v) is 7.00. The molecule has 2 aliphatic rings. The van der Waals surface area contributed by atoms with Crippen LogP contribution in [0, 0.1) is 6.92 Å². The van der Waals surface area contributed by atoms with Crippen molar-refractivity contribution in [3.05, 3.63) is 48.0 Å². The van der Waals surface area contributed by atoms with E-state index >= 15 is 0 Å². The molecule has 31 heavy (non-hydrogen) atoms. The molecular formula is C24H25N3O3S. The number of anilines is 1. The lowest BCUT2D eigenvalue weighted by molar-refractivity contribution is -0.127. The van der Waals surface area contributed by atoms with Crippen LogP contribution in [0.3, 0.4) is 0 Å². The van der Waals surface area contributed by atoms with Gasteiger partial charge in [0, 0.05) is 18.7 Å². The van der Waals surface area contributed by atoms with E-state index in [1.165, 1.54) is 10.5 Å². The van der Waals surface area contributed by atoms with Crippen LogP contribution in [0.15, 0.2) is 42.5 Å². The zero-order chi connectivity index (χ0) is 21.7. The Bertz CT molecular complexity index is 1150. The molecule has 0 bridgehead atoms. The maximum atomic E-state index is 13.1. The molecule has 6 nitrogen and oxygen atoms in total. The van der Waals surface area contributed by atoms with Gasteiger partial charge in [-0.05, 0) is 62.7 Å². The largest absolute Gasteiger partial charge is 0.373 e. The molecule has 0 aliphatic carbocycles. The summed E-state index contributed by atoms with van der Waals surface area (Å²) in [4.78, 5) is 34.0. The maximum Gasteiger partial charge on any atom is 0.251 e. The van der Waals surface area contributed by atoms with Crippen molar-refractivity contribution in [1.29, 1.82) is 0 Å². The predicted octanol–water partition coefficient (Wildman–Crippen LogP) is 4.01. The SMILES string of the molecule is Cc1ccc2nc(-c3ccc(N4C(=O)C[C@H](N5C[C@@H](C)O[C@H](C)C5)C4=O)cc3)sc2c1. The first kappa shape index (κ1) is 20.3. The summed E-state index contributed by atoms with van der Waals surface area (Å²) in [6.07, 6.45) is 0.326. The number of rotatable bonds is 3. The summed E-state index contributed by atoms with van der Waals surface area (Å²) in [7, 11) is 0. The number of hydrogen-bond donors (Lipinski definition) is 0. The van der Waals surface area contributed by atoms with E-state index in [2.05, 4.69) is 24.0 Å². The molecule has 5 rings (SSSR count). The van der Waals surface area contributed by atoms with Gasteiger partial charge in [0.25, 0.3) is 5.91 Å². The third-order valence-electron chi connectivity index (χ3n) is 5.93. The lowest BCUT2D eigenvalue weighted by Gasteiger charge is -2.37. The number of fused-ring (bicyclic) bond motifs is 1. The number of aromatic nitrogens is 1. The fourth-order valence-electron chi connectivity index (χ4n) is 4.55. The molecule has 0 spiro atoms. The van der Waals surface area contributed by atoms with Crippen LogP contribution in [0.4, 0.5) is 5.69 Å². The normalized spacial score (nSPS) is 25.0. The minimum absolute atomic E-state index is 0.0533. The molecule has 3 heterocycles. The van der Waals surface area contributed by atoms with Gasteiger partial charge in [-0.2, -0.15) is 0 Å². The van der Waals surface area contributed by atoms with Crippen molar-refractivity contribution in [2.75, 3.05) is 18.0 Å². The van der Waals surface area contributed by atoms with Crippen molar-refractivity contribution in [2.45, 2.75) is 45.4 Å². The number of morpholine rings is 1. The second kappa shape index (κ2) is 7.82. The topological polar surface area (TPSA) is 62.7 Å². The number of thiazole rings is 1. The van der Waals surface area contributed by atoms with Crippen LogP contribution in [-0.2, 0) is 14.3 Å². The van der Waals surface area contributed by atoms with Gasteiger partial charge in [0.2, 0.25) is 5.91 Å². The molecule has 0 N–H and O–H groups in total. The number of nitrogens with zero attached hydrogens (tertiary/aromatic N) is 3. The number of aryl methyl sites for hydroxylation is 1. The number of benzene rings is 2. The Morgan fingerprint density at radius 3 is 2.45 bits per heavy atom. The number of ether oxygens (including phenoxy) is 1. The number of imide groups is 1. The van der Waals surface area contributed by atoms with Crippen molar-refractivity contribution in [3.63, 3.8) is 0 Å². The fraction of sp³-hybridized carbons (Fsp3) is 0.375. The first-order valence-corrected chi connectivity index (χ1v) is 11.4. The van der Waals surface area contributed by atoms with E-state index in [4.69, 9.17) is 9.72 Å². The van der Waals surface area contributed by atoms with E-state index in [1.54, 1.807) is 11.3 Å². The minimum atomic E-state index is -0.409.